The lowest BCUT2D eigenvalue weighted by atomic mass is 9.76. The van der Waals surface area contributed by atoms with Crippen molar-refractivity contribution in [2.45, 2.75) is 37.1 Å². The number of sulfonamides is 1. The van der Waals surface area contributed by atoms with Gasteiger partial charge in [-0.25, -0.2) is 13.2 Å². The van der Waals surface area contributed by atoms with Gasteiger partial charge < -0.3 is 15.1 Å². The minimum Gasteiger partial charge on any atom is -0.350 e. The number of aryl methyl sites for hydroxylation is 2. The van der Waals surface area contributed by atoms with Crippen molar-refractivity contribution < 1.29 is 18.0 Å². The second-order valence-corrected chi connectivity index (χ2v) is 11.0. The van der Waals surface area contributed by atoms with Gasteiger partial charge in [-0.3, -0.25) is 4.79 Å². The van der Waals surface area contributed by atoms with Gasteiger partial charge in [0, 0.05) is 51.7 Å². The van der Waals surface area contributed by atoms with Crippen molar-refractivity contribution in [3.05, 3.63) is 29.3 Å². The van der Waals surface area contributed by atoms with Crippen molar-refractivity contribution in [1.29, 1.82) is 0 Å². The summed E-state index contributed by atoms with van der Waals surface area (Å²) in [5.41, 5.74) is 1.22. The summed E-state index contributed by atoms with van der Waals surface area (Å²) in [5.74, 6) is -0.199. The molecule has 3 fully saturated rings. The topological polar surface area (TPSA) is 90.0 Å². The van der Waals surface area contributed by atoms with Crippen LogP contribution in [0.3, 0.4) is 0 Å². The molecule has 3 aliphatic rings. The Labute approximate surface area is 178 Å². The first kappa shape index (κ1) is 21.1. The molecule has 2 atom stereocenters. The molecule has 0 saturated carbocycles. The Balaban J connectivity index is 1.52. The zero-order chi connectivity index (χ0) is 21.8. The van der Waals surface area contributed by atoms with Gasteiger partial charge in [-0.2, -0.15) is 4.31 Å². The molecule has 3 heterocycles. The molecule has 0 radical (unpaired) electrons. The van der Waals surface area contributed by atoms with Gasteiger partial charge in [0.05, 0.1) is 10.8 Å². The first-order valence-corrected chi connectivity index (χ1v) is 11.8. The van der Waals surface area contributed by atoms with Crippen molar-refractivity contribution in [3.63, 3.8) is 0 Å². The average molecular weight is 435 g/mol. The van der Waals surface area contributed by atoms with Crippen molar-refractivity contribution in [3.8, 4) is 0 Å². The highest BCUT2D eigenvalue weighted by Gasteiger charge is 2.58. The van der Waals surface area contributed by atoms with Crippen LogP contribution in [0.5, 0.6) is 0 Å². The normalized spacial score (nSPS) is 26.0. The molecule has 30 heavy (non-hydrogen) atoms. The lowest BCUT2D eigenvalue weighted by molar-refractivity contribution is -0.123. The summed E-state index contributed by atoms with van der Waals surface area (Å²) >= 11 is 0. The Kier molecular flexibility index (Phi) is 5.09. The summed E-state index contributed by atoms with van der Waals surface area (Å²) in [6.45, 7) is 5.39. The second-order valence-electron chi connectivity index (χ2n) is 9.11. The monoisotopic (exact) mass is 434 g/mol. The van der Waals surface area contributed by atoms with Crippen LogP contribution >= 0.6 is 0 Å². The van der Waals surface area contributed by atoms with E-state index >= 15 is 0 Å². The lowest BCUT2D eigenvalue weighted by Crippen LogP contribution is -2.56. The molecule has 1 N–H and O–H groups in total. The number of benzene rings is 1. The van der Waals surface area contributed by atoms with E-state index in [4.69, 9.17) is 0 Å². The van der Waals surface area contributed by atoms with Crippen LogP contribution in [0.25, 0.3) is 0 Å². The van der Waals surface area contributed by atoms with Gasteiger partial charge in [0.15, 0.2) is 0 Å². The van der Waals surface area contributed by atoms with E-state index in [1.54, 1.807) is 25.1 Å². The number of nitrogens with one attached hydrogen (secondary N) is 1. The largest absolute Gasteiger partial charge is 0.350 e. The number of piperidine rings is 1. The fourth-order valence-corrected chi connectivity index (χ4v) is 7.00. The number of fused-ring (bicyclic) bond motifs is 2. The third-order valence-electron chi connectivity index (χ3n) is 6.97. The molecule has 164 valence electrons. The summed E-state index contributed by atoms with van der Waals surface area (Å²) < 4.78 is 28.0. The number of urea groups is 1. The predicted octanol–water partition coefficient (Wildman–Crippen LogP) is 1.19. The van der Waals surface area contributed by atoms with Gasteiger partial charge in [0.25, 0.3) is 0 Å². The first-order chi connectivity index (χ1) is 14.0. The number of nitrogens with zero attached hydrogens (tertiary/aromatic N) is 3. The molecular weight excluding hydrogens is 404 g/mol. The molecule has 0 aliphatic carbocycles. The van der Waals surface area contributed by atoms with Gasteiger partial charge in [0.2, 0.25) is 15.9 Å². The number of carbonyl (C=O) groups excluding carboxylic acids is 2. The number of rotatable bonds is 2. The fourth-order valence-electron chi connectivity index (χ4n) is 5.24. The Bertz CT molecular complexity index is 983. The highest BCUT2D eigenvalue weighted by Crippen LogP contribution is 2.44. The van der Waals surface area contributed by atoms with E-state index in [1.165, 1.54) is 9.21 Å². The molecule has 9 heteroatoms. The van der Waals surface area contributed by atoms with E-state index in [0.717, 1.165) is 11.1 Å². The van der Waals surface area contributed by atoms with Gasteiger partial charge in [-0.15, -0.1) is 0 Å². The van der Waals surface area contributed by atoms with Crippen LogP contribution in [0, 0.1) is 25.7 Å². The lowest BCUT2D eigenvalue weighted by Gasteiger charge is -2.42. The van der Waals surface area contributed by atoms with E-state index in [-0.39, 0.29) is 23.8 Å². The minimum absolute atomic E-state index is 0.0140. The predicted molar refractivity (Wildman–Crippen MR) is 112 cm³/mol. The van der Waals surface area contributed by atoms with E-state index in [9.17, 15) is 18.0 Å². The van der Waals surface area contributed by atoms with E-state index in [2.05, 4.69) is 5.32 Å². The Morgan fingerprint density at radius 1 is 1.17 bits per heavy atom. The minimum atomic E-state index is -3.58. The Morgan fingerprint density at radius 3 is 2.47 bits per heavy atom. The summed E-state index contributed by atoms with van der Waals surface area (Å²) in [6, 6.07) is 5.39. The van der Waals surface area contributed by atoms with Gasteiger partial charge in [-0.05, 0) is 43.9 Å². The summed E-state index contributed by atoms with van der Waals surface area (Å²) in [4.78, 5) is 28.7. The van der Waals surface area contributed by atoms with Gasteiger partial charge in [0.1, 0.15) is 0 Å². The molecule has 1 aromatic carbocycles. The van der Waals surface area contributed by atoms with Crippen LogP contribution in [0.1, 0.15) is 24.0 Å². The SMILES string of the molecule is Cc1ccc(C)c(S(=O)(=O)N2CCC3(CC2)NC(=O)[C@@H]2CN(C(=O)N(C)C)C[C@@H]23)c1. The van der Waals surface area contributed by atoms with Crippen LogP contribution in [0.15, 0.2) is 23.1 Å². The molecule has 4 rings (SSSR count). The Morgan fingerprint density at radius 2 is 1.83 bits per heavy atom. The smallest absolute Gasteiger partial charge is 0.319 e. The molecule has 0 aromatic heterocycles. The molecule has 3 saturated heterocycles. The molecule has 3 aliphatic heterocycles. The fraction of sp³-hybridized carbons (Fsp3) is 0.619. The third-order valence-corrected chi connectivity index (χ3v) is 9.01. The van der Waals surface area contributed by atoms with Crippen molar-refractivity contribution >= 4 is 22.0 Å². The number of hydrogen-bond acceptors (Lipinski definition) is 4. The van der Waals surface area contributed by atoms with Gasteiger partial charge >= 0.3 is 6.03 Å². The maximum Gasteiger partial charge on any atom is 0.319 e. The molecule has 1 spiro atoms. The zero-order valence-electron chi connectivity index (χ0n) is 18.0. The molecule has 0 bridgehead atoms. The maximum absolute atomic E-state index is 13.3. The second kappa shape index (κ2) is 7.23. The van der Waals surface area contributed by atoms with Gasteiger partial charge in [-0.1, -0.05) is 12.1 Å². The van der Waals surface area contributed by atoms with E-state index < -0.39 is 15.6 Å². The molecule has 0 unspecified atom stereocenters. The van der Waals surface area contributed by atoms with Crippen molar-refractivity contribution in [2.24, 2.45) is 11.8 Å². The average Bonchev–Trinajstić information content (AvgIpc) is 3.24. The number of carbonyl (C=O) groups is 2. The van der Waals surface area contributed by atoms with Crippen molar-refractivity contribution in [2.75, 3.05) is 40.3 Å². The van der Waals surface area contributed by atoms with E-state index in [1.807, 2.05) is 26.0 Å². The van der Waals surface area contributed by atoms with Crippen LogP contribution < -0.4 is 5.32 Å². The number of amides is 3. The summed E-state index contributed by atoms with van der Waals surface area (Å²) in [5, 5.41) is 3.18. The highest BCUT2D eigenvalue weighted by atomic mass is 32.2. The Hall–Kier alpha value is -2.13. The van der Waals surface area contributed by atoms with Crippen LogP contribution in [-0.4, -0.2) is 80.3 Å². The van der Waals surface area contributed by atoms with Crippen molar-refractivity contribution in [1.82, 2.24) is 19.4 Å². The third kappa shape index (κ3) is 3.28. The van der Waals surface area contributed by atoms with Crippen LogP contribution in [0.2, 0.25) is 0 Å². The van der Waals surface area contributed by atoms with Crippen LogP contribution in [-0.2, 0) is 14.8 Å². The highest BCUT2D eigenvalue weighted by molar-refractivity contribution is 7.89. The molecule has 1 aromatic rings. The summed E-state index contributed by atoms with van der Waals surface area (Å²) in [7, 11) is -0.161. The number of likely N-dealkylation sites (tertiary alicyclic amines) is 1. The zero-order valence-corrected chi connectivity index (χ0v) is 18.8. The number of hydrogen-bond donors (Lipinski definition) is 1. The maximum atomic E-state index is 13.3. The van der Waals surface area contributed by atoms with E-state index in [0.29, 0.717) is 43.9 Å². The first-order valence-electron chi connectivity index (χ1n) is 10.4. The van der Waals surface area contributed by atoms with Crippen LogP contribution in [0.4, 0.5) is 4.79 Å². The summed E-state index contributed by atoms with van der Waals surface area (Å²) in [6.07, 6.45) is 1.13. The molecule has 8 nitrogen and oxygen atoms in total. The quantitative estimate of drug-likeness (QED) is 0.757. The molecule has 3 amide bonds. The standard InChI is InChI=1S/C21H30N4O4S/c1-14-5-6-15(2)18(11-14)30(28,29)25-9-7-21(8-10-25)17-13-24(20(27)23(3)4)12-16(17)19(26)22-21/h5-6,11,16-17H,7-10,12-13H2,1-4H3,(H,22,26)/t16-,17+/m1/s1. The molecular formula is C21H30N4O4S.